The molecule has 0 spiro atoms. The van der Waals surface area contributed by atoms with E-state index in [1.54, 1.807) is 39.8 Å². The first-order chi connectivity index (χ1) is 43.6. The third kappa shape index (κ3) is 23.5. The van der Waals surface area contributed by atoms with Gasteiger partial charge in [0.05, 0.1) is 70.2 Å². The lowest BCUT2D eigenvalue weighted by atomic mass is 9.90. The Kier molecular flexibility index (Phi) is 28.4. The van der Waals surface area contributed by atoms with Crippen LogP contribution in [0.4, 0.5) is 8.78 Å². The second kappa shape index (κ2) is 35.0. The molecule has 0 radical (unpaired) electrons. The number of epoxide rings is 3. The Morgan fingerprint density at radius 1 is 0.543 bits per heavy atom. The van der Waals surface area contributed by atoms with Gasteiger partial charge in [0.1, 0.15) is 52.0 Å². The van der Waals surface area contributed by atoms with Crippen LogP contribution < -0.4 is 21.7 Å². The summed E-state index contributed by atoms with van der Waals surface area (Å²) in [5.74, 6) is -5.83. The van der Waals surface area contributed by atoms with Gasteiger partial charge in [0.2, 0.25) is 5.91 Å². The molecule has 5 aromatic rings. The van der Waals surface area contributed by atoms with Gasteiger partial charge in [0, 0.05) is 59.3 Å². The minimum absolute atomic E-state index is 0.000486. The van der Waals surface area contributed by atoms with E-state index in [2.05, 4.69) is 38.4 Å². The number of amides is 3. The normalized spacial score (nSPS) is 19.7. The fraction of sp³-hybridized carbons (Fsp3) is 0.492. The van der Waals surface area contributed by atoms with E-state index in [0.29, 0.717) is 36.7 Å². The van der Waals surface area contributed by atoms with Crippen molar-refractivity contribution in [3.8, 4) is 0 Å². The van der Waals surface area contributed by atoms with Gasteiger partial charge in [-0.1, -0.05) is 71.8 Å². The summed E-state index contributed by atoms with van der Waals surface area (Å²) in [6.07, 6.45) is 0.750. The summed E-state index contributed by atoms with van der Waals surface area (Å²) < 4.78 is 71.2. The number of hydrogen-bond acceptors (Lipinski definition) is 21. The van der Waals surface area contributed by atoms with Crippen molar-refractivity contribution in [2.45, 2.75) is 115 Å². The molecular formula is C65H82F2N6O19. The molecule has 500 valence electrons. The number of aliphatic carboxylic acids is 1. The van der Waals surface area contributed by atoms with Crippen LogP contribution in [0.1, 0.15) is 89.7 Å². The third-order valence-corrected chi connectivity index (χ3v) is 14.9. The van der Waals surface area contributed by atoms with E-state index < -0.39 is 93.9 Å². The van der Waals surface area contributed by atoms with Gasteiger partial charge >= 0.3 is 5.97 Å². The van der Waals surface area contributed by atoms with E-state index >= 15 is 0 Å². The molecule has 25 nitrogen and oxygen atoms in total. The number of carboxylic acid groups (broad SMARTS) is 1. The van der Waals surface area contributed by atoms with Crippen molar-refractivity contribution < 1.29 is 99.2 Å². The van der Waals surface area contributed by atoms with Crippen molar-refractivity contribution in [1.82, 2.24) is 26.3 Å². The highest BCUT2D eigenvalue weighted by molar-refractivity contribution is 6.00. The van der Waals surface area contributed by atoms with Gasteiger partial charge in [-0.05, 0) is 94.8 Å². The Balaban J connectivity index is 0.000000241. The zero-order chi connectivity index (χ0) is 67.9. The molecule has 2 aromatic heterocycles. The smallest absolute Gasteiger partial charge is 0.309 e. The maximum Gasteiger partial charge on any atom is 0.309 e. The lowest BCUT2D eigenvalue weighted by molar-refractivity contribution is -0.146. The quantitative estimate of drug-likeness (QED) is 0.0361. The van der Waals surface area contributed by atoms with E-state index in [9.17, 15) is 51.9 Å². The minimum atomic E-state index is -1.14. The number of Topliss-reactive ketones (excluding diaryl/α,β-unsaturated/α-hetero) is 5. The molecule has 3 amide bonds. The summed E-state index contributed by atoms with van der Waals surface area (Å²) in [6, 6.07) is 20.9. The van der Waals surface area contributed by atoms with Crippen molar-refractivity contribution in [3.05, 3.63) is 142 Å². The number of benzene rings is 3. The number of nitrogens with zero attached hydrogens (tertiary/aromatic N) is 2. The van der Waals surface area contributed by atoms with Gasteiger partial charge < -0.3 is 69.0 Å². The van der Waals surface area contributed by atoms with Gasteiger partial charge in [-0.2, -0.15) is 0 Å². The Labute approximate surface area is 531 Å². The number of rotatable bonds is 33. The first kappa shape index (κ1) is 74.6. The molecule has 8 rings (SSSR count). The van der Waals surface area contributed by atoms with Gasteiger partial charge in [0.25, 0.3) is 11.8 Å². The van der Waals surface area contributed by atoms with Crippen LogP contribution in [0.3, 0.4) is 0 Å². The van der Waals surface area contributed by atoms with E-state index in [1.165, 1.54) is 82.5 Å². The summed E-state index contributed by atoms with van der Waals surface area (Å²) >= 11 is 0. The molecule has 92 heavy (non-hydrogen) atoms. The monoisotopic (exact) mass is 1290 g/mol. The predicted molar refractivity (Wildman–Crippen MR) is 324 cm³/mol. The van der Waals surface area contributed by atoms with Gasteiger partial charge in [-0.15, -0.1) is 0 Å². The van der Waals surface area contributed by atoms with Crippen LogP contribution in [0.2, 0.25) is 0 Å². The standard InChI is InChI=1S/C26H32FN3O8.C14H20N2O7.C13H16O2.C12H14FNO2/c1-15-9-20(30-38-15)25(34)29-21(13-36-4)22(31)11-17(12-35-3)24(33)28-19(23(32)26(2)14-37-26)10-16-5-7-18(27)8-6-16;1-8-4-10(16-23-8)13(18)15-11(7-22-3)12(17)5-9(6-21-2)14(19)20;1-10(12(14)13(2)9-15-13)8-11-6-4-3-5-7-11;1-12(7-16-12)11(15)10(14)6-8-2-4-9(13)5-3-8/h5-9,17,19,21H,10-14H2,1-4H3,(H,28,33)(H,29,34);4,9,11H,5-7H2,1-3H3,(H,15,18)(H,19,20);3-7,10H,8-9H2,1-2H3;2-5,10H,6-7,14H2,1H3/t17-,19-,21-,26+;9-,11-;10-,13+;10-,12+/m0000/s1. The molecule has 0 bridgehead atoms. The number of nitrogens with two attached hydrogens (primary N) is 1. The molecule has 27 heteroatoms. The summed E-state index contributed by atoms with van der Waals surface area (Å²) in [6.45, 7) is 11.3. The summed E-state index contributed by atoms with van der Waals surface area (Å²) in [4.78, 5) is 111. The van der Waals surface area contributed by atoms with Crippen LogP contribution in [-0.2, 0) is 86.0 Å². The van der Waals surface area contributed by atoms with E-state index in [4.69, 9.17) is 53.0 Å². The number of ether oxygens (including phenoxy) is 7. The first-order valence-corrected chi connectivity index (χ1v) is 29.4. The van der Waals surface area contributed by atoms with Crippen LogP contribution in [0.5, 0.6) is 0 Å². The molecule has 10 atom stereocenters. The second-order valence-corrected chi connectivity index (χ2v) is 23.2. The molecule has 0 saturated carbocycles. The minimum Gasteiger partial charge on any atom is -0.481 e. The van der Waals surface area contributed by atoms with Crippen LogP contribution in [0.15, 0.2) is 100 Å². The molecule has 0 unspecified atom stereocenters. The Morgan fingerprint density at radius 3 is 1.34 bits per heavy atom. The number of halogens is 2. The average molecular weight is 1290 g/mol. The molecule has 3 saturated heterocycles. The fourth-order valence-electron chi connectivity index (χ4n) is 9.21. The molecule has 3 aliphatic rings. The summed E-state index contributed by atoms with van der Waals surface area (Å²) in [5, 5.41) is 24.0. The summed E-state index contributed by atoms with van der Waals surface area (Å²) in [7, 11) is 5.47. The maximum atomic E-state index is 13.4. The van der Waals surface area contributed by atoms with Crippen LogP contribution in [0.25, 0.3) is 0 Å². The number of carboxylic acids is 1. The molecular weight excluding hydrogens is 1210 g/mol. The Morgan fingerprint density at radius 2 is 0.935 bits per heavy atom. The second-order valence-electron chi connectivity index (χ2n) is 23.2. The molecule has 3 fully saturated rings. The Bertz CT molecular complexity index is 3270. The SMILES string of the molecule is COC[C@H](CC(=O)[C@H](COC)NC(=O)c1cc(C)on1)C(=O)N[C@@H](Cc1ccc(F)cc1)C(=O)[C@@]1(C)CO1.COC[C@H](CC(=O)[C@H](COC)NC(=O)c1cc(C)on1)C(=O)O.C[C@@H](Cc1ccccc1)C(=O)[C@@]1(C)CO1.C[C@]1(C(=O)[C@@H](N)Cc2ccc(F)cc2)CO1. The van der Waals surface area contributed by atoms with Crippen molar-refractivity contribution in [3.63, 3.8) is 0 Å². The zero-order valence-corrected chi connectivity index (χ0v) is 53.2. The Hall–Kier alpha value is -8.15. The van der Waals surface area contributed by atoms with Crippen molar-refractivity contribution in [2.24, 2.45) is 23.5 Å². The van der Waals surface area contributed by atoms with Crippen LogP contribution >= 0.6 is 0 Å². The van der Waals surface area contributed by atoms with E-state index in [1.807, 2.05) is 32.0 Å². The van der Waals surface area contributed by atoms with Crippen molar-refractivity contribution in [2.75, 3.05) is 74.7 Å². The lowest BCUT2D eigenvalue weighted by Crippen LogP contribution is -2.51. The van der Waals surface area contributed by atoms with Gasteiger partial charge in [-0.25, -0.2) is 8.78 Å². The highest BCUT2D eigenvalue weighted by Crippen LogP contribution is 2.32. The number of carbonyl (C=O) groups is 9. The average Bonchev–Trinajstić information content (AvgIpc) is 1.67. The number of methoxy groups -OCH3 is 4. The number of aryl methyl sites for hydroxylation is 2. The molecule has 6 N–H and O–H groups in total. The van der Waals surface area contributed by atoms with Crippen LogP contribution in [0, 0.1) is 43.2 Å². The number of ketones is 5. The zero-order valence-electron chi connectivity index (χ0n) is 53.2. The highest BCUT2D eigenvalue weighted by atomic mass is 19.1. The first-order valence-electron chi connectivity index (χ1n) is 29.4. The van der Waals surface area contributed by atoms with Gasteiger partial charge in [0.15, 0.2) is 40.3 Å². The fourth-order valence-corrected chi connectivity index (χ4v) is 9.21. The predicted octanol–water partition coefficient (Wildman–Crippen LogP) is 4.49. The number of nitrogens with one attached hydrogen (secondary N) is 3. The van der Waals surface area contributed by atoms with E-state index in [-0.39, 0.29) is 92.8 Å². The largest absolute Gasteiger partial charge is 0.481 e. The number of aromatic nitrogens is 2. The lowest BCUT2D eigenvalue weighted by Gasteiger charge is -2.24. The maximum absolute atomic E-state index is 13.4. The molecule has 3 aliphatic heterocycles. The molecule has 5 heterocycles. The van der Waals surface area contributed by atoms with Gasteiger partial charge in [-0.3, -0.25) is 43.2 Å². The van der Waals surface area contributed by atoms with Crippen LogP contribution in [-0.4, -0.2) is 184 Å². The number of carbonyl (C=O) groups excluding carboxylic acids is 8. The third-order valence-electron chi connectivity index (χ3n) is 14.9. The molecule has 0 aliphatic carbocycles. The highest BCUT2D eigenvalue weighted by Gasteiger charge is 2.51. The summed E-state index contributed by atoms with van der Waals surface area (Å²) in [5.41, 5.74) is 6.35. The topological polar surface area (TPSA) is 363 Å². The number of hydrogen-bond donors (Lipinski definition) is 5. The molecule has 3 aromatic carbocycles. The van der Waals surface area contributed by atoms with Crippen molar-refractivity contribution in [1.29, 1.82) is 0 Å². The van der Waals surface area contributed by atoms with E-state index in [0.717, 1.165) is 12.0 Å². The van der Waals surface area contributed by atoms with Crippen molar-refractivity contribution >= 4 is 52.6 Å².